The number of aromatic nitrogens is 2. The van der Waals surface area contributed by atoms with Gasteiger partial charge in [0, 0.05) is 17.8 Å². The second-order valence-corrected chi connectivity index (χ2v) is 6.70. The molecule has 0 bridgehead atoms. The molecule has 0 radical (unpaired) electrons. The molecule has 2 N–H and O–H groups in total. The average Bonchev–Trinajstić information content (AvgIpc) is 3.09. The van der Waals surface area contributed by atoms with Gasteiger partial charge in [-0.3, -0.25) is 5.10 Å². The minimum atomic E-state index is 0.488. The number of rotatable bonds is 4. The molecule has 0 saturated carbocycles. The van der Waals surface area contributed by atoms with Crippen LogP contribution in [0.25, 0.3) is 10.9 Å². The number of H-pyrrole nitrogens is 1. The van der Waals surface area contributed by atoms with Crippen molar-refractivity contribution in [2.75, 3.05) is 19.7 Å². The summed E-state index contributed by atoms with van der Waals surface area (Å²) in [6.07, 6.45) is 3.00. The van der Waals surface area contributed by atoms with E-state index in [4.69, 9.17) is 4.74 Å². The van der Waals surface area contributed by atoms with Crippen LogP contribution in [0.15, 0.2) is 48.7 Å². The highest BCUT2D eigenvalue weighted by Crippen LogP contribution is 2.31. The summed E-state index contributed by atoms with van der Waals surface area (Å²) < 4.78 is 6.12. The van der Waals surface area contributed by atoms with Gasteiger partial charge < -0.3 is 10.1 Å². The van der Waals surface area contributed by atoms with Crippen molar-refractivity contribution in [2.24, 2.45) is 5.92 Å². The second-order valence-electron chi connectivity index (χ2n) is 6.70. The van der Waals surface area contributed by atoms with Crippen LogP contribution in [-0.4, -0.2) is 29.9 Å². The van der Waals surface area contributed by atoms with E-state index in [9.17, 15) is 0 Å². The lowest BCUT2D eigenvalue weighted by Crippen LogP contribution is -2.38. The molecule has 1 aromatic heterocycles. The van der Waals surface area contributed by atoms with Gasteiger partial charge >= 0.3 is 0 Å². The zero-order valence-electron chi connectivity index (χ0n) is 14.0. The summed E-state index contributed by atoms with van der Waals surface area (Å²) in [5.74, 6) is 1.96. The lowest BCUT2D eigenvalue weighted by Gasteiger charge is -2.32. The predicted octanol–water partition coefficient (Wildman–Crippen LogP) is 3.64. The first-order valence-corrected chi connectivity index (χ1v) is 8.63. The van der Waals surface area contributed by atoms with Crippen molar-refractivity contribution in [2.45, 2.75) is 19.3 Å². The van der Waals surface area contributed by atoms with Crippen molar-refractivity contribution in [3.05, 3.63) is 59.8 Å². The van der Waals surface area contributed by atoms with Crippen LogP contribution in [-0.2, 0) is 0 Å². The molecule has 0 unspecified atom stereocenters. The molecule has 2 aromatic carbocycles. The maximum atomic E-state index is 6.12. The number of hydrogen-bond donors (Lipinski definition) is 2. The molecule has 4 heteroatoms. The number of hydrogen-bond acceptors (Lipinski definition) is 3. The van der Waals surface area contributed by atoms with E-state index in [-0.39, 0.29) is 0 Å². The zero-order valence-corrected chi connectivity index (χ0v) is 14.0. The van der Waals surface area contributed by atoms with E-state index < -0.39 is 0 Å². The highest BCUT2D eigenvalue weighted by atomic mass is 16.5. The van der Waals surface area contributed by atoms with Gasteiger partial charge in [-0.25, -0.2) is 0 Å². The van der Waals surface area contributed by atoms with Crippen LogP contribution in [0.3, 0.4) is 0 Å². The highest BCUT2D eigenvalue weighted by molar-refractivity contribution is 5.79. The predicted molar refractivity (Wildman–Crippen MR) is 96.5 cm³/mol. The Morgan fingerprint density at radius 2 is 2.04 bits per heavy atom. The first-order chi connectivity index (χ1) is 11.8. The Bertz CT molecular complexity index is 809. The molecule has 4 nitrogen and oxygen atoms in total. The Kier molecular flexibility index (Phi) is 4.22. The van der Waals surface area contributed by atoms with E-state index >= 15 is 0 Å². The Labute approximate surface area is 142 Å². The average molecular weight is 321 g/mol. The summed E-state index contributed by atoms with van der Waals surface area (Å²) in [6, 6.07) is 15.1. The number of fused-ring (bicyclic) bond motifs is 1. The smallest absolute Gasteiger partial charge is 0.120 e. The third-order valence-corrected chi connectivity index (χ3v) is 4.99. The Morgan fingerprint density at radius 1 is 1.17 bits per heavy atom. The normalized spacial score (nSPS) is 21.0. The number of ether oxygens (including phenoxy) is 1. The fourth-order valence-electron chi connectivity index (χ4n) is 3.56. The van der Waals surface area contributed by atoms with Crippen LogP contribution in [0.4, 0.5) is 0 Å². The highest BCUT2D eigenvalue weighted by Gasteiger charge is 2.27. The first kappa shape index (κ1) is 15.2. The van der Waals surface area contributed by atoms with Crippen LogP contribution in [0.5, 0.6) is 5.75 Å². The monoisotopic (exact) mass is 321 g/mol. The number of aryl methyl sites for hydroxylation is 1. The molecule has 1 aliphatic heterocycles. The van der Waals surface area contributed by atoms with Gasteiger partial charge in [-0.1, -0.05) is 29.8 Å². The molecule has 124 valence electrons. The summed E-state index contributed by atoms with van der Waals surface area (Å²) >= 11 is 0. The first-order valence-electron chi connectivity index (χ1n) is 8.63. The van der Waals surface area contributed by atoms with E-state index in [0.29, 0.717) is 11.8 Å². The largest absolute Gasteiger partial charge is 0.493 e. The van der Waals surface area contributed by atoms with Gasteiger partial charge in [0.25, 0.3) is 0 Å². The summed E-state index contributed by atoms with van der Waals surface area (Å²) in [4.78, 5) is 0. The standard InChI is InChI=1S/C20H23N3O/c1-14-2-4-15(5-3-14)19-8-9-21-11-17(19)13-24-18-6-7-20-16(10-18)12-22-23-20/h2-7,10,12,17,19,21H,8-9,11,13H2,1H3,(H,22,23)/t17-,19-/m0/s1. The van der Waals surface area contributed by atoms with Crippen molar-refractivity contribution >= 4 is 10.9 Å². The van der Waals surface area contributed by atoms with Crippen LogP contribution >= 0.6 is 0 Å². The van der Waals surface area contributed by atoms with Crippen molar-refractivity contribution in [3.8, 4) is 5.75 Å². The molecule has 0 amide bonds. The zero-order chi connectivity index (χ0) is 16.4. The van der Waals surface area contributed by atoms with Gasteiger partial charge in [-0.2, -0.15) is 5.10 Å². The number of nitrogens with zero attached hydrogens (tertiary/aromatic N) is 1. The molecule has 0 spiro atoms. The van der Waals surface area contributed by atoms with E-state index in [1.54, 1.807) is 0 Å². The lowest BCUT2D eigenvalue weighted by molar-refractivity contribution is 0.197. The molecule has 3 aromatic rings. The molecule has 2 heterocycles. The van der Waals surface area contributed by atoms with Crippen LogP contribution < -0.4 is 10.1 Å². The quantitative estimate of drug-likeness (QED) is 0.771. The summed E-state index contributed by atoms with van der Waals surface area (Å²) in [6.45, 7) is 4.95. The number of benzene rings is 2. The Balaban J connectivity index is 1.47. The third-order valence-electron chi connectivity index (χ3n) is 4.99. The summed E-state index contributed by atoms with van der Waals surface area (Å²) in [5, 5.41) is 11.6. The van der Waals surface area contributed by atoms with Crippen molar-refractivity contribution < 1.29 is 4.74 Å². The fraction of sp³-hybridized carbons (Fsp3) is 0.350. The number of nitrogens with one attached hydrogen (secondary N) is 2. The SMILES string of the molecule is Cc1ccc([C@@H]2CCNC[C@H]2COc2ccc3[nH]ncc3c2)cc1. The number of aromatic amines is 1. The molecule has 2 atom stereocenters. The second kappa shape index (κ2) is 6.65. The van der Waals surface area contributed by atoms with Crippen LogP contribution in [0.1, 0.15) is 23.5 Å². The molecule has 24 heavy (non-hydrogen) atoms. The van der Waals surface area contributed by atoms with Crippen LogP contribution in [0, 0.1) is 12.8 Å². The molecule has 4 rings (SSSR count). The molecule has 1 aliphatic rings. The topological polar surface area (TPSA) is 49.9 Å². The van der Waals surface area contributed by atoms with Gasteiger partial charge in [-0.05, 0) is 49.6 Å². The van der Waals surface area contributed by atoms with Crippen molar-refractivity contribution in [1.82, 2.24) is 15.5 Å². The molecule has 1 saturated heterocycles. The minimum absolute atomic E-state index is 0.488. The van der Waals surface area contributed by atoms with Gasteiger partial charge in [0.2, 0.25) is 0 Å². The van der Waals surface area contributed by atoms with E-state index in [0.717, 1.165) is 42.8 Å². The lowest BCUT2D eigenvalue weighted by atomic mass is 9.81. The van der Waals surface area contributed by atoms with Gasteiger partial charge in [0.1, 0.15) is 5.75 Å². The molecular weight excluding hydrogens is 298 g/mol. The van der Waals surface area contributed by atoms with Crippen molar-refractivity contribution in [3.63, 3.8) is 0 Å². The minimum Gasteiger partial charge on any atom is -0.493 e. The van der Waals surface area contributed by atoms with E-state index in [1.807, 2.05) is 18.3 Å². The number of piperidine rings is 1. The van der Waals surface area contributed by atoms with Crippen LogP contribution in [0.2, 0.25) is 0 Å². The Hall–Kier alpha value is -2.33. The fourth-order valence-corrected chi connectivity index (χ4v) is 3.56. The molecule has 0 aliphatic carbocycles. The van der Waals surface area contributed by atoms with E-state index in [2.05, 4.69) is 52.8 Å². The third kappa shape index (κ3) is 3.15. The van der Waals surface area contributed by atoms with Gasteiger partial charge in [-0.15, -0.1) is 0 Å². The summed E-state index contributed by atoms with van der Waals surface area (Å²) in [7, 11) is 0. The summed E-state index contributed by atoms with van der Waals surface area (Å²) in [5.41, 5.74) is 3.79. The molecule has 1 fully saturated rings. The van der Waals surface area contributed by atoms with E-state index in [1.165, 1.54) is 11.1 Å². The molecular formula is C20H23N3O. The maximum Gasteiger partial charge on any atom is 0.120 e. The maximum absolute atomic E-state index is 6.12. The Morgan fingerprint density at radius 3 is 2.92 bits per heavy atom. The van der Waals surface area contributed by atoms with Gasteiger partial charge in [0.15, 0.2) is 0 Å². The van der Waals surface area contributed by atoms with Gasteiger partial charge in [0.05, 0.1) is 18.3 Å². The van der Waals surface area contributed by atoms with Crippen molar-refractivity contribution in [1.29, 1.82) is 0 Å².